The molecule has 0 unspecified atom stereocenters. The van der Waals surface area contributed by atoms with E-state index in [0.29, 0.717) is 45.8 Å². The predicted octanol–water partition coefficient (Wildman–Crippen LogP) is 7.93. The number of nitrogens with zero attached hydrogens (tertiary/aromatic N) is 2. The molecule has 0 radical (unpaired) electrons. The van der Waals surface area contributed by atoms with Gasteiger partial charge in [-0.3, -0.25) is 0 Å². The highest BCUT2D eigenvalue weighted by molar-refractivity contribution is 5.90. The van der Waals surface area contributed by atoms with Gasteiger partial charge in [0.2, 0.25) is 0 Å². The van der Waals surface area contributed by atoms with E-state index in [1.165, 1.54) is 44.1 Å². The van der Waals surface area contributed by atoms with Gasteiger partial charge in [0.15, 0.2) is 0 Å². The van der Waals surface area contributed by atoms with E-state index >= 15 is 0 Å². The zero-order chi connectivity index (χ0) is 24.7. The van der Waals surface area contributed by atoms with Crippen LogP contribution in [0.5, 0.6) is 0 Å². The summed E-state index contributed by atoms with van der Waals surface area (Å²) in [6.45, 7) is 19.2. The fraction of sp³-hybridized carbons (Fsp3) is 0.867. The van der Waals surface area contributed by atoms with Crippen molar-refractivity contribution in [1.29, 1.82) is 0 Å². The van der Waals surface area contributed by atoms with Gasteiger partial charge in [-0.05, 0) is 117 Å². The van der Waals surface area contributed by atoms with Crippen molar-refractivity contribution in [3.63, 3.8) is 0 Å². The molecule has 9 atom stereocenters. The lowest BCUT2D eigenvalue weighted by Crippen LogP contribution is -2.66. The fourth-order valence-corrected chi connectivity index (χ4v) is 11.5. The quantitative estimate of drug-likeness (QED) is 0.187. The van der Waals surface area contributed by atoms with E-state index in [1.54, 1.807) is 0 Å². The van der Waals surface area contributed by atoms with Gasteiger partial charge in [0.25, 0.3) is 0 Å². The average molecular weight is 469 g/mol. The van der Waals surface area contributed by atoms with Crippen LogP contribution < -0.4 is 0 Å². The van der Waals surface area contributed by atoms with Crippen molar-refractivity contribution in [3.05, 3.63) is 12.2 Å². The minimum atomic E-state index is -0.0311. The number of fused-ring (bicyclic) bond motifs is 7. The molecule has 0 spiro atoms. The first-order valence-corrected chi connectivity index (χ1v) is 14.0. The molecule has 4 heteroatoms. The van der Waals surface area contributed by atoms with Crippen LogP contribution in [-0.2, 0) is 0 Å². The van der Waals surface area contributed by atoms with E-state index in [9.17, 15) is 10.4 Å². The lowest BCUT2D eigenvalue weighted by Gasteiger charge is -2.72. The Morgan fingerprint density at radius 2 is 1.62 bits per heavy atom. The standard InChI is InChI=1S/C30H48N2O2/c1-19(2)20-10-15-30(18-31-33)17-16-28(6)21(25(20)30)8-9-23-27(5)13-12-24(32-34)26(3,4)22(27)11-14-29(23,28)7/h18,20-23,25,33-34H,1,8-17H2,2-7H3/b31-18+,32-24+/t20-,21-,22-,23+,25-,27-,28+,29+,30+/m0/s1. The van der Waals surface area contributed by atoms with Crippen molar-refractivity contribution < 1.29 is 10.4 Å². The first-order chi connectivity index (χ1) is 15.9. The molecule has 4 nitrogen and oxygen atoms in total. The van der Waals surface area contributed by atoms with Crippen molar-refractivity contribution in [2.45, 2.75) is 106 Å². The fourth-order valence-electron chi connectivity index (χ4n) is 11.5. The Morgan fingerprint density at radius 3 is 2.26 bits per heavy atom. The maximum Gasteiger partial charge on any atom is 0.0630 e. The molecule has 0 aromatic heterocycles. The number of allylic oxidation sites excluding steroid dienone is 1. The summed E-state index contributed by atoms with van der Waals surface area (Å²) in [4.78, 5) is 0. The summed E-state index contributed by atoms with van der Waals surface area (Å²) in [5.74, 6) is 3.06. The molecule has 0 aromatic rings. The average Bonchev–Trinajstić information content (AvgIpc) is 3.14. The summed E-state index contributed by atoms with van der Waals surface area (Å²) < 4.78 is 0. The van der Waals surface area contributed by atoms with Crippen LogP contribution in [-0.4, -0.2) is 22.3 Å². The molecule has 0 aliphatic heterocycles. The topological polar surface area (TPSA) is 65.2 Å². The molecule has 0 aromatic carbocycles. The summed E-state index contributed by atoms with van der Waals surface area (Å²) in [7, 11) is 0. The molecule has 5 aliphatic rings. The van der Waals surface area contributed by atoms with Crippen LogP contribution in [0.25, 0.3) is 0 Å². The first kappa shape index (κ1) is 24.4. The van der Waals surface area contributed by atoms with E-state index in [0.717, 1.165) is 31.4 Å². The number of oxime groups is 2. The molecular weight excluding hydrogens is 420 g/mol. The third-order valence-corrected chi connectivity index (χ3v) is 13.3. The van der Waals surface area contributed by atoms with Crippen molar-refractivity contribution in [1.82, 2.24) is 0 Å². The number of hydrogen-bond acceptors (Lipinski definition) is 4. The molecule has 0 heterocycles. The van der Waals surface area contributed by atoms with E-state index < -0.39 is 0 Å². The minimum absolute atomic E-state index is 0.0311. The second-order valence-corrected chi connectivity index (χ2v) is 14.4. The molecule has 190 valence electrons. The van der Waals surface area contributed by atoms with Gasteiger partial charge in [0, 0.05) is 10.8 Å². The Balaban J connectivity index is 1.56. The van der Waals surface area contributed by atoms with Gasteiger partial charge in [0.05, 0.1) is 11.9 Å². The second-order valence-electron chi connectivity index (χ2n) is 14.4. The first-order valence-electron chi connectivity index (χ1n) is 14.0. The number of hydrogen-bond donors (Lipinski definition) is 2. The van der Waals surface area contributed by atoms with Crippen LogP contribution in [0, 0.1) is 56.7 Å². The van der Waals surface area contributed by atoms with E-state index in [-0.39, 0.29) is 10.8 Å². The largest absolute Gasteiger partial charge is 0.411 e. The van der Waals surface area contributed by atoms with Gasteiger partial charge in [-0.1, -0.05) is 51.9 Å². The Hall–Kier alpha value is -1.32. The van der Waals surface area contributed by atoms with Crippen LogP contribution in [0.15, 0.2) is 22.5 Å². The Kier molecular flexibility index (Phi) is 5.44. The highest BCUT2D eigenvalue weighted by Crippen LogP contribution is 2.77. The molecule has 0 amide bonds. The summed E-state index contributed by atoms with van der Waals surface area (Å²) in [6.07, 6.45) is 13.8. The smallest absolute Gasteiger partial charge is 0.0630 e. The zero-order valence-electron chi connectivity index (χ0n) is 22.5. The summed E-state index contributed by atoms with van der Waals surface area (Å²) >= 11 is 0. The van der Waals surface area contributed by atoms with Gasteiger partial charge >= 0.3 is 0 Å². The van der Waals surface area contributed by atoms with Gasteiger partial charge in [0.1, 0.15) is 0 Å². The van der Waals surface area contributed by atoms with Crippen molar-refractivity contribution in [3.8, 4) is 0 Å². The van der Waals surface area contributed by atoms with Gasteiger partial charge in [-0.15, -0.1) is 5.16 Å². The van der Waals surface area contributed by atoms with Crippen molar-refractivity contribution in [2.24, 2.45) is 67.0 Å². The summed E-state index contributed by atoms with van der Waals surface area (Å²) in [5, 5.41) is 26.9. The molecule has 5 saturated carbocycles. The highest BCUT2D eigenvalue weighted by atomic mass is 16.4. The predicted molar refractivity (Wildman–Crippen MR) is 138 cm³/mol. The van der Waals surface area contributed by atoms with E-state index in [2.05, 4.69) is 58.4 Å². The highest BCUT2D eigenvalue weighted by Gasteiger charge is 2.70. The van der Waals surface area contributed by atoms with Crippen molar-refractivity contribution in [2.75, 3.05) is 0 Å². The second kappa shape index (κ2) is 7.59. The molecule has 0 bridgehead atoms. The van der Waals surface area contributed by atoms with Crippen LogP contribution >= 0.6 is 0 Å². The molecule has 5 rings (SSSR count). The Labute approximate surface area is 207 Å². The molecule has 0 saturated heterocycles. The van der Waals surface area contributed by atoms with Gasteiger partial charge < -0.3 is 10.4 Å². The number of rotatable bonds is 2. The third kappa shape index (κ3) is 2.83. The maximum absolute atomic E-state index is 9.76. The summed E-state index contributed by atoms with van der Waals surface area (Å²) in [6, 6.07) is 0. The van der Waals surface area contributed by atoms with Crippen LogP contribution in [0.3, 0.4) is 0 Å². The SMILES string of the molecule is C=C(C)[C@@H]1CC[C@]2(/C=N/O)CC[C@]3(C)[C@@H](CC[C@@H]4[C@@]5(C)CC/C(=N\O)C(C)(C)[C@@H]5CC[C@]43C)[C@H]12. The molecule has 5 fully saturated rings. The summed E-state index contributed by atoms with van der Waals surface area (Å²) in [5.41, 5.74) is 3.27. The molecule has 2 N–H and O–H groups in total. The van der Waals surface area contributed by atoms with E-state index in [1.807, 2.05) is 6.21 Å². The van der Waals surface area contributed by atoms with Gasteiger partial charge in [-0.2, -0.15) is 0 Å². The Bertz CT molecular complexity index is 923. The molecular formula is C30H48N2O2. The van der Waals surface area contributed by atoms with E-state index in [4.69, 9.17) is 0 Å². The lowest BCUT2D eigenvalue weighted by molar-refractivity contribution is -0.222. The van der Waals surface area contributed by atoms with Crippen molar-refractivity contribution >= 4 is 11.9 Å². The maximum atomic E-state index is 9.76. The Morgan fingerprint density at radius 1 is 0.882 bits per heavy atom. The van der Waals surface area contributed by atoms with Gasteiger partial charge in [-0.25, -0.2) is 0 Å². The molecule has 34 heavy (non-hydrogen) atoms. The monoisotopic (exact) mass is 468 g/mol. The van der Waals surface area contributed by atoms with Crippen LogP contribution in [0.1, 0.15) is 106 Å². The van der Waals surface area contributed by atoms with Crippen LogP contribution in [0.2, 0.25) is 0 Å². The minimum Gasteiger partial charge on any atom is -0.411 e. The zero-order valence-corrected chi connectivity index (χ0v) is 22.5. The van der Waals surface area contributed by atoms with Crippen LogP contribution in [0.4, 0.5) is 0 Å². The molecule has 5 aliphatic carbocycles. The lowest BCUT2D eigenvalue weighted by atomic mass is 9.32. The third-order valence-electron chi connectivity index (χ3n) is 13.3. The normalized spacial score (nSPS) is 53.1.